The van der Waals surface area contributed by atoms with Gasteiger partial charge < -0.3 is 0 Å². The van der Waals surface area contributed by atoms with Crippen LogP contribution in [0.4, 0.5) is 0 Å². The molecule has 0 saturated carbocycles. The van der Waals surface area contributed by atoms with E-state index in [2.05, 4.69) is 172 Å². The van der Waals surface area contributed by atoms with Crippen molar-refractivity contribution < 1.29 is 0 Å². The fraction of sp³-hybridized carbons (Fsp3) is 0.279. The molecule has 43 heavy (non-hydrogen) atoms. The van der Waals surface area contributed by atoms with Crippen LogP contribution in [0.5, 0.6) is 0 Å². The molecule has 216 valence electrons. The van der Waals surface area contributed by atoms with Gasteiger partial charge in [0, 0.05) is 33.4 Å². The van der Waals surface area contributed by atoms with E-state index in [1.165, 1.54) is 72.7 Å². The largest absolute Gasteiger partial charge is 0.0651 e. The molecule has 0 bridgehead atoms. The summed E-state index contributed by atoms with van der Waals surface area (Å²) in [5.41, 5.74) is 16.1. The molecule has 0 fully saturated rings. The maximum Gasteiger partial charge on any atom is 0.0651 e. The van der Waals surface area contributed by atoms with E-state index in [0.717, 1.165) is 0 Å². The van der Waals surface area contributed by atoms with Crippen LogP contribution in [0, 0.1) is 5.92 Å². The van der Waals surface area contributed by atoms with Crippen molar-refractivity contribution in [2.24, 2.45) is 0 Å². The van der Waals surface area contributed by atoms with E-state index in [4.69, 9.17) is 0 Å². The molecule has 0 aromatic carbocycles. The van der Waals surface area contributed by atoms with Gasteiger partial charge in [0.1, 0.15) is 0 Å². The monoisotopic (exact) mass is 561 g/mol. The molecule has 0 radical (unpaired) electrons. The zero-order chi connectivity index (χ0) is 30.7. The van der Waals surface area contributed by atoms with Crippen molar-refractivity contribution in [3.63, 3.8) is 0 Å². The van der Waals surface area contributed by atoms with E-state index < -0.39 is 0 Å². The lowest BCUT2D eigenvalue weighted by Gasteiger charge is -2.17. The van der Waals surface area contributed by atoms with Crippen molar-refractivity contribution in [2.75, 3.05) is 0 Å². The highest BCUT2D eigenvalue weighted by atomic mass is 14.4. The molecule has 0 amide bonds. The van der Waals surface area contributed by atoms with Gasteiger partial charge >= 0.3 is 0 Å². The first-order valence-corrected chi connectivity index (χ1v) is 15.7. The Labute approximate surface area is 259 Å². The van der Waals surface area contributed by atoms with Gasteiger partial charge in [0.15, 0.2) is 0 Å². The van der Waals surface area contributed by atoms with E-state index in [0.29, 0.717) is 0 Å². The van der Waals surface area contributed by atoms with Crippen LogP contribution >= 0.6 is 0 Å². The van der Waals surface area contributed by atoms with Gasteiger partial charge in [-0.05, 0) is 87.5 Å². The maximum absolute atomic E-state index is 2.50. The summed E-state index contributed by atoms with van der Waals surface area (Å²) in [4.78, 5) is 0. The smallest absolute Gasteiger partial charge is 0.0617 e. The van der Waals surface area contributed by atoms with Crippen molar-refractivity contribution in [2.45, 2.75) is 78.6 Å². The summed E-state index contributed by atoms with van der Waals surface area (Å²) in [7, 11) is 0. The van der Waals surface area contributed by atoms with E-state index in [1.807, 2.05) is 0 Å². The fourth-order valence-corrected chi connectivity index (χ4v) is 6.87. The van der Waals surface area contributed by atoms with Crippen molar-refractivity contribution in [3.05, 3.63) is 148 Å². The van der Waals surface area contributed by atoms with Crippen molar-refractivity contribution >= 4 is 0 Å². The van der Waals surface area contributed by atoms with E-state index in [9.17, 15) is 0 Å². The van der Waals surface area contributed by atoms with Crippen LogP contribution in [0.25, 0.3) is 33.4 Å². The normalized spacial score (nSPS) is 12.8. The van der Waals surface area contributed by atoms with Gasteiger partial charge in [0.2, 0.25) is 0 Å². The van der Waals surface area contributed by atoms with Crippen molar-refractivity contribution in [1.82, 2.24) is 0 Å². The standard InChI is InChI=1S/C43H45/c1-41(2,3)37-25-34(28-19-13-10-16-22-31(28)37)40(35-26-38(42(4,5)6)32-23-17-11-14-20-29(32)35)36-27-39(43(7,8)9)33-24-18-12-15-21-30(33)36/h10-27H,1-9H3/q+1. The van der Waals surface area contributed by atoms with Gasteiger partial charge in [-0.25, -0.2) is 0 Å². The third-order valence-corrected chi connectivity index (χ3v) is 8.95. The summed E-state index contributed by atoms with van der Waals surface area (Å²) in [6.45, 7) is 21.0. The van der Waals surface area contributed by atoms with Crippen LogP contribution in [-0.4, -0.2) is 0 Å². The minimum atomic E-state index is 0.00413. The average molecular weight is 562 g/mol. The van der Waals surface area contributed by atoms with Gasteiger partial charge in [0.25, 0.3) is 0 Å². The Balaban J connectivity index is 1.78. The molecule has 0 N–H and O–H groups in total. The van der Waals surface area contributed by atoms with Crippen LogP contribution in [0.2, 0.25) is 0 Å². The lowest BCUT2D eigenvalue weighted by atomic mass is 9.82. The van der Waals surface area contributed by atoms with Crippen LogP contribution in [0.3, 0.4) is 0 Å². The molecule has 0 saturated heterocycles. The topological polar surface area (TPSA) is 0 Å². The quantitative estimate of drug-likeness (QED) is 0.189. The maximum atomic E-state index is 2.50. The molecule has 0 aromatic rings. The van der Waals surface area contributed by atoms with E-state index in [-0.39, 0.29) is 16.2 Å². The van der Waals surface area contributed by atoms with Gasteiger partial charge in [-0.1, -0.05) is 117 Å². The van der Waals surface area contributed by atoms with Crippen LogP contribution in [0.15, 0.2) is 109 Å². The Morgan fingerprint density at radius 3 is 0.791 bits per heavy atom. The Bertz CT molecular complexity index is 1600. The van der Waals surface area contributed by atoms with Crippen LogP contribution < -0.4 is 0 Å². The van der Waals surface area contributed by atoms with Gasteiger partial charge in [-0.15, -0.1) is 0 Å². The molecule has 0 nitrogen and oxygen atoms in total. The third-order valence-electron chi connectivity index (χ3n) is 8.95. The Morgan fingerprint density at radius 2 is 0.558 bits per heavy atom. The molecule has 0 heterocycles. The summed E-state index contributed by atoms with van der Waals surface area (Å²) in [6, 6.07) is 41.0. The average Bonchev–Trinajstić information content (AvgIpc) is 3.32. The van der Waals surface area contributed by atoms with Gasteiger partial charge in [0.05, 0.1) is 22.6 Å². The minimum Gasteiger partial charge on any atom is -0.0617 e. The minimum absolute atomic E-state index is 0.00413. The zero-order valence-electron chi connectivity index (χ0n) is 27.4. The second-order valence-corrected chi connectivity index (χ2v) is 15.3. The number of fused-ring (bicyclic) bond motifs is 3. The third kappa shape index (κ3) is 5.12. The molecule has 6 aliphatic carbocycles. The first-order valence-electron chi connectivity index (χ1n) is 15.7. The van der Waals surface area contributed by atoms with E-state index >= 15 is 0 Å². The fourth-order valence-electron chi connectivity index (χ4n) is 6.87. The zero-order valence-corrected chi connectivity index (χ0v) is 27.4. The van der Waals surface area contributed by atoms with E-state index in [1.54, 1.807) is 0 Å². The predicted octanol–water partition coefficient (Wildman–Crippen LogP) is 11.9. The highest BCUT2D eigenvalue weighted by Crippen LogP contribution is 2.53. The number of hydrogen-bond donors (Lipinski definition) is 0. The Morgan fingerprint density at radius 1 is 0.326 bits per heavy atom. The van der Waals surface area contributed by atoms with Crippen molar-refractivity contribution in [1.29, 1.82) is 0 Å². The Kier molecular flexibility index (Phi) is 6.96. The molecule has 0 aromatic heterocycles. The van der Waals surface area contributed by atoms with Gasteiger partial charge in [-0.3, -0.25) is 0 Å². The molecule has 0 unspecified atom stereocenters. The molecule has 0 aliphatic heterocycles. The molecule has 0 heteroatoms. The molecule has 6 aliphatic rings. The molecule has 0 spiro atoms. The lowest BCUT2D eigenvalue weighted by molar-refractivity contribution is 0.593. The first-order chi connectivity index (χ1) is 20.3. The molecule has 6 rings (SSSR count). The summed E-state index contributed by atoms with van der Waals surface area (Å²) < 4.78 is 0. The van der Waals surface area contributed by atoms with Crippen LogP contribution in [0.1, 0.15) is 95.7 Å². The first kappa shape index (κ1) is 29.1. The predicted molar refractivity (Wildman–Crippen MR) is 186 cm³/mol. The molecular formula is C43H45+. The lowest BCUT2D eigenvalue weighted by Crippen LogP contribution is -2.11. The summed E-state index contributed by atoms with van der Waals surface area (Å²) in [5, 5.41) is 0. The molecular weight excluding hydrogens is 516 g/mol. The Hall–Kier alpha value is -4.03. The second kappa shape index (κ2) is 10.3. The van der Waals surface area contributed by atoms with Crippen molar-refractivity contribution in [3.8, 4) is 33.4 Å². The summed E-state index contributed by atoms with van der Waals surface area (Å²) in [6.07, 6.45) is 0. The summed E-state index contributed by atoms with van der Waals surface area (Å²) in [5.74, 6) is 1.32. The van der Waals surface area contributed by atoms with Crippen LogP contribution in [-0.2, 0) is 16.2 Å². The van der Waals surface area contributed by atoms with Gasteiger partial charge in [-0.2, -0.15) is 0 Å². The molecule has 0 atom stereocenters. The second-order valence-electron chi connectivity index (χ2n) is 15.3. The number of rotatable bonds is 3. The summed E-state index contributed by atoms with van der Waals surface area (Å²) >= 11 is 0. The number of hydrogen-bond acceptors (Lipinski definition) is 0. The highest BCUT2D eigenvalue weighted by molar-refractivity contribution is 5.91. The SMILES string of the molecule is CC(C)(C)c1cc([C+](c2cc(C(C)(C)C)c3cccccc2-3)c2cc(C(C)(C)C)c3cccccc2-3)c2cccccc1-2. The highest BCUT2D eigenvalue weighted by Gasteiger charge is 2.40.